The van der Waals surface area contributed by atoms with Crippen LogP contribution in [0.4, 0.5) is 0 Å². The van der Waals surface area contributed by atoms with Crippen molar-refractivity contribution in [3.8, 4) is 5.75 Å². The monoisotopic (exact) mass is 610 g/mol. The van der Waals surface area contributed by atoms with E-state index < -0.39 is 19.8 Å². The number of hydrogen-bond donors (Lipinski definition) is 1. The van der Waals surface area contributed by atoms with Gasteiger partial charge in [-0.25, -0.2) is 4.79 Å². The van der Waals surface area contributed by atoms with Crippen LogP contribution in [0.3, 0.4) is 0 Å². The normalized spacial score (nSPS) is 13.9. The number of amidine groups is 1. The summed E-state index contributed by atoms with van der Waals surface area (Å²) in [6.45, 7) is 17.6. The largest absolute Gasteiger partial charge is 0.465 e. The van der Waals surface area contributed by atoms with Gasteiger partial charge in [0.25, 0.3) is 0 Å². The van der Waals surface area contributed by atoms with Crippen LogP contribution in [0.15, 0.2) is 59.2 Å². The smallest absolute Gasteiger partial charge is 0.338 e. The van der Waals surface area contributed by atoms with Gasteiger partial charge >= 0.3 is 12.0 Å². The number of aliphatic hydroxyl groups is 1. The molecule has 1 aromatic carbocycles. The van der Waals surface area contributed by atoms with Gasteiger partial charge in [0.15, 0.2) is 5.72 Å². The molecule has 0 saturated carbocycles. The van der Waals surface area contributed by atoms with Crippen LogP contribution in [0, 0.1) is 6.92 Å². The van der Waals surface area contributed by atoms with Crippen molar-refractivity contribution in [2.24, 2.45) is 4.99 Å². The lowest BCUT2D eigenvalue weighted by Gasteiger charge is -2.28. The summed E-state index contributed by atoms with van der Waals surface area (Å²) in [7, 11) is 0.0154. The predicted octanol–water partition coefficient (Wildman–Crippen LogP) is 6.10. The maximum absolute atomic E-state index is 12.4. The Morgan fingerprint density at radius 2 is 1.93 bits per heavy atom. The molecule has 0 aromatic heterocycles. The Morgan fingerprint density at radius 1 is 1.20 bits per heavy atom. The molecule has 0 fully saturated rings. The van der Waals surface area contributed by atoms with Gasteiger partial charge in [0.2, 0.25) is 0 Å². The number of nitrogens with zero attached hydrogens (tertiary/aromatic N) is 2. The molecule has 0 aliphatic rings. The van der Waals surface area contributed by atoms with E-state index in [4.69, 9.17) is 45.4 Å². The molecule has 11 heteroatoms. The zero-order chi connectivity index (χ0) is 30.9. The molecule has 41 heavy (non-hydrogen) atoms. The van der Waals surface area contributed by atoms with E-state index in [0.717, 1.165) is 18.0 Å². The number of ether oxygens (including phenoxy) is 5. The first-order chi connectivity index (χ1) is 19.3. The molecule has 0 heterocycles. The molecule has 0 amide bonds. The minimum Gasteiger partial charge on any atom is -0.465 e. The van der Waals surface area contributed by atoms with Gasteiger partial charge in [-0.3, -0.25) is 4.90 Å². The van der Waals surface area contributed by atoms with Crippen molar-refractivity contribution < 1.29 is 33.6 Å². The zero-order valence-electron chi connectivity index (χ0n) is 25.6. The number of allylic oxidation sites excluding steroid dienone is 3. The molecule has 230 valence electrons. The first-order valence-electron chi connectivity index (χ1n) is 13.7. The second-order valence-corrected chi connectivity index (χ2v) is 16.7. The lowest BCUT2D eigenvalue weighted by molar-refractivity contribution is -0.0299. The molecule has 9 nitrogen and oxygen atoms in total. The van der Waals surface area contributed by atoms with Crippen LogP contribution in [0.2, 0.25) is 25.7 Å². The second kappa shape index (κ2) is 18.9. The molecule has 0 saturated heterocycles. The Morgan fingerprint density at radius 3 is 2.54 bits per heavy atom. The minimum absolute atomic E-state index is 0.0713. The minimum atomic E-state index is -1.32. The summed E-state index contributed by atoms with van der Waals surface area (Å²) in [5.41, 5.74) is -0.0287. The van der Waals surface area contributed by atoms with Crippen molar-refractivity contribution in [3.63, 3.8) is 0 Å². The number of esters is 1. The van der Waals surface area contributed by atoms with Gasteiger partial charge in [0.05, 0.1) is 39.1 Å². The van der Waals surface area contributed by atoms with E-state index in [9.17, 15) is 4.79 Å². The summed E-state index contributed by atoms with van der Waals surface area (Å²) in [6.07, 6.45) is 7.84. The average molecular weight is 611 g/mol. The molecule has 0 aliphatic carbocycles. The van der Waals surface area contributed by atoms with Gasteiger partial charge in [0, 0.05) is 25.9 Å². The van der Waals surface area contributed by atoms with E-state index in [1.807, 2.05) is 26.0 Å². The molecule has 1 atom stereocenters. The third-order valence-electron chi connectivity index (χ3n) is 5.57. The summed E-state index contributed by atoms with van der Waals surface area (Å²) < 4.78 is 28.8. The Bertz CT molecular complexity index is 1060. The summed E-state index contributed by atoms with van der Waals surface area (Å²) in [4.78, 5) is 18.9. The highest BCUT2D eigenvalue weighted by molar-refractivity contribution is 6.76. The molecule has 0 spiro atoms. The molecule has 0 radical (unpaired) electrons. The van der Waals surface area contributed by atoms with E-state index in [2.05, 4.69) is 26.2 Å². The summed E-state index contributed by atoms with van der Waals surface area (Å²) >= 11 is 6.07. The number of methoxy groups -OCH3 is 1. The Hall–Kier alpha value is -2.47. The third-order valence-corrected chi connectivity index (χ3v) is 7.40. The van der Waals surface area contributed by atoms with Crippen molar-refractivity contribution in [2.45, 2.75) is 58.6 Å². The third kappa shape index (κ3) is 15.4. The number of aliphatic imine (C=N–C) groups is 1. The van der Waals surface area contributed by atoms with E-state index in [-0.39, 0.29) is 39.2 Å². The maximum Gasteiger partial charge on any atom is 0.338 e. The van der Waals surface area contributed by atoms with E-state index in [0.29, 0.717) is 23.0 Å². The lowest BCUT2D eigenvalue weighted by Crippen LogP contribution is -2.38. The van der Waals surface area contributed by atoms with Crippen molar-refractivity contribution in [1.82, 2.24) is 4.90 Å². The number of hydrogen-bond acceptors (Lipinski definition) is 8. The number of carbonyl (C=O) groups excluding carboxylic acids is 1. The van der Waals surface area contributed by atoms with Crippen LogP contribution in [0.1, 0.15) is 36.2 Å². The van der Waals surface area contributed by atoms with E-state index in [1.54, 1.807) is 42.3 Å². The van der Waals surface area contributed by atoms with E-state index in [1.165, 1.54) is 7.11 Å². The van der Waals surface area contributed by atoms with Gasteiger partial charge in [-0.2, -0.15) is 4.99 Å². The molecular formula is C30H47ClN2O7Si. The van der Waals surface area contributed by atoms with Crippen molar-refractivity contribution in [2.75, 3.05) is 46.9 Å². The SMILES string of the molecule is C=C(Cl)/C=C/N(COCC[Si](C)(C)C)C(=NC(C)(/C=C\CC)OCCOCCO)Oc1ccc(C)c(C(=O)OC)c1. The Labute approximate surface area is 251 Å². The van der Waals surface area contributed by atoms with Gasteiger partial charge < -0.3 is 28.8 Å². The number of aliphatic hydroxyl groups excluding tert-OH is 1. The maximum atomic E-state index is 12.4. The number of aryl methyl sites for hydroxylation is 1. The van der Waals surface area contributed by atoms with Crippen LogP contribution in [0.5, 0.6) is 5.75 Å². The van der Waals surface area contributed by atoms with E-state index >= 15 is 0 Å². The first kappa shape index (κ1) is 36.6. The highest BCUT2D eigenvalue weighted by Gasteiger charge is 2.26. The quantitative estimate of drug-likeness (QED) is 0.0311. The van der Waals surface area contributed by atoms with Crippen molar-refractivity contribution in [3.05, 3.63) is 65.4 Å². The molecule has 1 aromatic rings. The summed E-state index contributed by atoms with van der Waals surface area (Å²) in [5.74, 6) is -0.105. The topological polar surface area (TPSA) is 99.1 Å². The fraction of sp³-hybridized carbons (Fsp3) is 0.533. The van der Waals surface area contributed by atoms with Crippen molar-refractivity contribution >= 4 is 31.7 Å². The molecule has 1 unspecified atom stereocenters. The van der Waals surface area contributed by atoms with Crippen LogP contribution in [0.25, 0.3) is 0 Å². The molecule has 1 rings (SSSR count). The summed E-state index contributed by atoms with van der Waals surface area (Å²) in [6, 6.07) is 6.25. The van der Waals surface area contributed by atoms with Crippen LogP contribution >= 0.6 is 11.6 Å². The van der Waals surface area contributed by atoms with Gasteiger partial charge in [-0.05, 0) is 56.2 Å². The standard InChI is InChI=1S/C30H47ClN2O7Si/c1-9-10-14-30(4,39-19-18-37-17-16-34)32-29(40-26-12-11-24(2)27(22-26)28(35)36-5)33(15-13-25(3)31)23-38-20-21-41(6,7)8/h10-15,22,34H,3,9,16-21,23H2,1-2,4-8H3/b14-10-,15-13+,32-29?. The number of carbonyl (C=O) groups is 1. The second-order valence-electron chi connectivity index (χ2n) is 10.6. The molecule has 0 bridgehead atoms. The number of benzene rings is 1. The molecular weight excluding hydrogens is 564 g/mol. The Balaban J connectivity index is 3.55. The predicted molar refractivity (Wildman–Crippen MR) is 167 cm³/mol. The molecule has 0 aliphatic heterocycles. The number of halogens is 1. The van der Waals surface area contributed by atoms with Gasteiger partial charge in [0.1, 0.15) is 12.5 Å². The van der Waals surface area contributed by atoms with Crippen LogP contribution < -0.4 is 4.74 Å². The van der Waals surface area contributed by atoms with Crippen molar-refractivity contribution in [1.29, 1.82) is 0 Å². The fourth-order valence-corrected chi connectivity index (χ4v) is 4.05. The average Bonchev–Trinajstić information content (AvgIpc) is 2.91. The first-order valence-corrected chi connectivity index (χ1v) is 17.8. The highest BCUT2D eigenvalue weighted by Crippen LogP contribution is 2.22. The lowest BCUT2D eigenvalue weighted by atomic mass is 10.1. The van der Waals surface area contributed by atoms with Crippen LogP contribution in [-0.2, 0) is 18.9 Å². The summed E-state index contributed by atoms with van der Waals surface area (Å²) in [5, 5.41) is 9.30. The zero-order valence-corrected chi connectivity index (χ0v) is 27.3. The van der Waals surface area contributed by atoms with Gasteiger partial charge in [-0.1, -0.05) is 56.9 Å². The molecule has 1 N–H and O–H groups in total. The fourth-order valence-electron chi connectivity index (χ4n) is 3.24. The highest BCUT2D eigenvalue weighted by atomic mass is 35.5. The van der Waals surface area contributed by atoms with Gasteiger partial charge in [-0.15, -0.1) is 0 Å². The van der Waals surface area contributed by atoms with Crippen LogP contribution in [-0.4, -0.2) is 82.7 Å². The Kier molecular flexibility index (Phi) is 16.8. The number of rotatable bonds is 18.